The Kier molecular flexibility index (Phi) is 3.53. The van der Waals surface area contributed by atoms with Crippen LogP contribution in [0.2, 0.25) is 0 Å². The normalized spacial score (nSPS) is 33.3. The van der Waals surface area contributed by atoms with Gasteiger partial charge in [0.2, 0.25) is 0 Å². The Morgan fingerprint density at radius 2 is 1.76 bits per heavy atom. The highest BCUT2D eigenvalue weighted by atomic mass is 16.5. The summed E-state index contributed by atoms with van der Waals surface area (Å²) in [4.78, 5) is 0. The minimum Gasteiger partial charge on any atom is -0.375 e. The van der Waals surface area contributed by atoms with Gasteiger partial charge in [0.25, 0.3) is 0 Å². The SMILES string of the molecule is C1=CCC(NC2CCOC3(CCCCC3)C2)C1. The van der Waals surface area contributed by atoms with E-state index in [1.54, 1.807) is 0 Å². The third-order valence-corrected chi connectivity index (χ3v) is 4.74. The average Bonchev–Trinajstić information content (AvgIpc) is 2.83. The maximum Gasteiger partial charge on any atom is 0.0697 e. The van der Waals surface area contributed by atoms with Gasteiger partial charge in [-0.25, -0.2) is 0 Å². The molecule has 1 N–H and O–H groups in total. The summed E-state index contributed by atoms with van der Waals surface area (Å²) in [5, 5.41) is 3.85. The first kappa shape index (κ1) is 11.7. The molecule has 1 heterocycles. The summed E-state index contributed by atoms with van der Waals surface area (Å²) in [5.41, 5.74) is 0.250. The lowest BCUT2D eigenvalue weighted by Gasteiger charge is -2.44. The zero-order valence-electron chi connectivity index (χ0n) is 10.8. The monoisotopic (exact) mass is 235 g/mol. The molecule has 2 aliphatic carbocycles. The van der Waals surface area contributed by atoms with Gasteiger partial charge in [0.1, 0.15) is 0 Å². The fraction of sp³-hybridized carbons (Fsp3) is 0.867. The van der Waals surface area contributed by atoms with Gasteiger partial charge in [0, 0.05) is 18.7 Å². The van der Waals surface area contributed by atoms with Gasteiger partial charge >= 0.3 is 0 Å². The Labute approximate surface area is 105 Å². The van der Waals surface area contributed by atoms with Crippen molar-refractivity contribution in [3.05, 3.63) is 12.2 Å². The number of ether oxygens (including phenoxy) is 1. The van der Waals surface area contributed by atoms with Crippen LogP contribution in [0.15, 0.2) is 12.2 Å². The molecule has 1 saturated carbocycles. The number of rotatable bonds is 2. The van der Waals surface area contributed by atoms with Crippen molar-refractivity contribution in [3.8, 4) is 0 Å². The molecule has 3 aliphatic rings. The molecular weight excluding hydrogens is 210 g/mol. The Bertz CT molecular complexity index is 267. The van der Waals surface area contributed by atoms with Crippen molar-refractivity contribution >= 4 is 0 Å². The summed E-state index contributed by atoms with van der Waals surface area (Å²) >= 11 is 0. The Balaban J connectivity index is 1.55. The molecule has 2 heteroatoms. The number of hydrogen-bond acceptors (Lipinski definition) is 2. The molecule has 1 spiro atoms. The molecule has 17 heavy (non-hydrogen) atoms. The topological polar surface area (TPSA) is 21.3 Å². The molecule has 1 saturated heterocycles. The molecule has 0 bridgehead atoms. The molecular formula is C15H25NO. The molecule has 96 valence electrons. The van der Waals surface area contributed by atoms with E-state index in [9.17, 15) is 0 Å². The average molecular weight is 235 g/mol. The van der Waals surface area contributed by atoms with Crippen molar-refractivity contribution in [2.24, 2.45) is 0 Å². The van der Waals surface area contributed by atoms with Crippen molar-refractivity contribution in [2.45, 2.75) is 75.5 Å². The quantitative estimate of drug-likeness (QED) is 0.742. The first-order valence-corrected chi connectivity index (χ1v) is 7.41. The van der Waals surface area contributed by atoms with Gasteiger partial charge in [0.15, 0.2) is 0 Å². The molecule has 0 radical (unpaired) electrons. The van der Waals surface area contributed by atoms with Gasteiger partial charge in [-0.2, -0.15) is 0 Å². The number of hydrogen-bond donors (Lipinski definition) is 1. The molecule has 1 unspecified atom stereocenters. The van der Waals surface area contributed by atoms with Crippen molar-refractivity contribution in [2.75, 3.05) is 6.61 Å². The minimum absolute atomic E-state index is 0.250. The van der Waals surface area contributed by atoms with E-state index in [0.29, 0.717) is 12.1 Å². The third kappa shape index (κ3) is 2.74. The van der Waals surface area contributed by atoms with Gasteiger partial charge in [-0.3, -0.25) is 0 Å². The Hall–Kier alpha value is -0.340. The van der Waals surface area contributed by atoms with Crippen LogP contribution >= 0.6 is 0 Å². The predicted molar refractivity (Wildman–Crippen MR) is 70.1 cm³/mol. The summed E-state index contributed by atoms with van der Waals surface area (Å²) in [6.45, 7) is 0.970. The van der Waals surface area contributed by atoms with Gasteiger partial charge in [0.05, 0.1) is 5.60 Å². The van der Waals surface area contributed by atoms with E-state index in [-0.39, 0.29) is 5.60 Å². The minimum atomic E-state index is 0.250. The first-order chi connectivity index (χ1) is 8.36. The highest BCUT2D eigenvalue weighted by Gasteiger charge is 2.38. The molecule has 1 aliphatic heterocycles. The predicted octanol–water partition coefficient (Wildman–Crippen LogP) is 3.18. The molecule has 0 aromatic heterocycles. The van der Waals surface area contributed by atoms with Crippen LogP contribution in [-0.4, -0.2) is 24.3 Å². The molecule has 0 aromatic rings. The van der Waals surface area contributed by atoms with Crippen LogP contribution < -0.4 is 5.32 Å². The molecule has 1 atom stereocenters. The van der Waals surface area contributed by atoms with Crippen LogP contribution in [0.1, 0.15) is 57.8 Å². The lowest BCUT2D eigenvalue weighted by molar-refractivity contribution is -0.109. The molecule has 0 amide bonds. The van der Waals surface area contributed by atoms with E-state index < -0.39 is 0 Å². The van der Waals surface area contributed by atoms with E-state index in [1.807, 2.05) is 0 Å². The number of nitrogens with one attached hydrogen (secondary N) is 1. The van der Waals surface area contributed by atoms with E-state index in [1.165, 1.54) is 57.8 Å². The summed E-state index contributed by atoms with van der Waals surface area (Å²) < 4.78 is 6.15. The van der Waals surface area contributed by atoms with Crippen LogP contribution in [0.3, 0.4) is 0 Å². The second kappa shape index (κ2) is 5.11. The standard InChI is InChI=1S/C15H25NO/c1-4-9-15(10-5-1)12-14(8-11-17-15)16-13-6-2-3-7-13/h2-3,13-14,16H,1,4-12H2. The first-order valence-electron chi connectivity index (χ1n) is 7.41. The highest BCUT2D eigenvalue weighted by Crippen LogP contribution is 2.38. The van der Waals surface area contributed by atoms with E-state index in [2.05, 4.69) is 17.5 Å². The lowest BCUT2D eigenvalue weighted by atomic mass is 9.78. The van der Waals surface area contributed by atoms with Crippen LogP contribution in [0.5, 0.6) is 0 Å². The molecule has 3 rings (SSSR count). The van der Waals surface area contributed by atoms with Crippen molar-refractivity contribution in [3.63, 3.8) is 0 Å². The fourth-order valence-corrected chi connectivity index (χ4v) is 3.80. The van der Waals surface area contributed by atoms with E-state index >= 15 is 0 Å². The second-order valence-corrected chi connectivity index (χ2v) is 6.09. The van der Waals surface area contributed by atoms with Crippen molar-refractivity contribution < 1.29 is 4.74 Å². The second-order valence-electron chi connectivity index (χ2n) is 6.09. The fourth-order valence-electron chi connectivity index (χ4n) is 3.80. The van der Waals surface area contributed by atoms with Gasteiger partial charge < -0.3 is 10.1 Å². The lowest BCUT2D eigenvalue weighted by Crippen LogP contribution is -2.50. The summed E-state index contributed by atoms with van der Waals surface area (Å²) in [6, 6.07) is 1.41. The molecule has 2 fully saturated rings. The van der Waals surface area contributed by atoms with Crippen LogP contribution in [0, 0.1) is 0 Å². The Morgan fingerprint density at radius 3 is 2.53 bits per heavy atom. The Morgan fingerprint density at radius 1 is 1.00 bits per heavy atom. The van der Waals surface area contributed by atoms with Crippen LogP contribution in [0.4, 0.5) is 0 Å². The van der Waals surface area contributed by atoms with Crippen LogP contribution in [-0.2, 0) is 4.74 Å². The zero-order valence-corrected chi connectivity index (χ0v) is 10.8. The molecule has 2 nitrogen and oxygen atoms in total. The summed E-state index contributed by atoms with van der Waals surface area (Å²) in [5.74, 6) is 0. The van der Waals surface area contributed by atoms with E-state index in [0.717, 1.165) is 6.61 Å². The van der Waals surface area contributed by atoms with Gasteiger partial charge in [-0.1, -0.05) is 31.4 Å². The maximum atomic E-state index is 6.15. The largest absolute Gasteiger partial charge is 0.375 e. The van der Waals surface area contributed by atoms with Crippen molar-refractivity contribution in [1.29, 1.82) is 0 Å². The summed E-state index contributed by atoms with van der Waals surface area (Å²) in [7, 11) is 0. The highest BCUT2D eigenvalue weighted by molar-refractivity contribution is 5.00. The maximum absolute atomic E-state index is 6.15. The smallest absolute Gasteiger partial charge is 0.0697 e. The zero-order chi connectivity index (χ0) is 11.6. The summed E-state index contributed by atoms with van der Waals surface area (Å²) in [6.07, 6.45) is 16.3. The van der Waals surface area contributed by atoms with E-state index in [4.69, 9.17) is 4.74 Å². The third-order valence-electron chi connectivity index (χ3n) is 4.74. The van der Waals surface area contributed by atoms with Crippen molar-refractivity contribution in [1.82, 2.24) is 5.32 Å². The van der Waals surface area contributed by atoms with Gasteiger partial charge in [-0.15, -0.1) is 0 Å². The van der Waals surface area contributed by atoms with Gasteiger partial charge in [-0.05, 0) is 38.5 Å². The van der Waals surface area contributed by atoms with Crippen LogP contribution in [0.25, 0.3) is 0 Å². The molecule has 0 aromatic carbocycles.